The number of nitrogens with zero attached hydrogens (tertiary/aromatic N) is 3. The fourth-order valence-corrected chi connectivity index (χ4v) is 4.63. The lowest BCUT2D eigenvalue weighted by atomic mass is 9.77. The van der Waals surface area contributed by atoms with Crippen molar-refractivity contribution in [3.63, 3.8) is 0 Å². The van der Waals surface area contributed by atoms with E-state index in [9.17, 15) is 10.1 Å². The number of carbonyl (C=O) groups is 1. The van der Waals surface area contributed by atoms with E-state index in [1.165, 1.54) is 4.90 Å². The number of amides is 1. The molecule has 3 atom stereocenters. The molecule has 6 nitrogen and oxygen atoms in total. The van der Waals surface area contributed by atoms with Crippen LogP contribution in [0.3, 0.4) is 0 Å². The van der Waals surface area contributed by atoms with Gasteiger partial charge >= 0.3 is 0 Å². The third kappa shape index (κ3) is 3.01. The number of hydrogen-bond donors (Lipinski definition) is 1. The average molecular weight is 410 g/mol. The van der Waals surface area contributed by atoms with Crippen molar-refractivity contribution in [2.45, 2.75) is 24.5 Å². The van der Waals surface area contributed by atoms with Gasteiger partial charge < -0.3 is 10.5 Å². The first-order valence-corrected chi connectivity index (χ1v) is 10.3. The first kappa shape index (κ1) is 19.1. The second kappa shape index (κ2) is 7.13. The number of rotatable bonds is 2. The highest BCUT2D eigenvalue weighted by molar-refractivity contribution is 6.07. The van der Waals surface area contributed by atoms with Crippen LogP contribution in [0.25, 0.3) is 11.1 Å². The van der Waals surface area contributed by atoms with Gasteiger partial charge in [0.1, 0.15) is 11.9 Å². The molecule has 0 aromatic heterocycles. The van der Waals surface area contributed by atoms with E-state index in [1.54, 1.807) is 13.1 Å². The Bertz CT molecular complexity index is 1210. The summed E-state index contributed by atoms with van der Waals surface area (Å²) in [5.41, 5.74) is 8.09. The van der Waals surface area contributed by atoms with Gasteiger partial charge in [-0.25, -0.2) is 4.99 Å². The molecular weight excluding hydrogens is 388 g/mol. The van der Waals surface area contributed by atoms with Crippen LogP contribution < -0.4 is 10.5 Å². The molecule has 3 aliphatic rings. The minimum Gasteiger partial charge on any atom is -0.489 e. The van der Waals surface area contributed by atoms with Gasteiger partial charge in [-0.3, -0.25) is 9.69 Å². The number of ether oxygens (including phenoxy) is 1. The van der Waals surface area contributed by atoms with Crippen LogP contribution in [0.5, 0.6) is 5.75 Å². The Morgan fingerprint density at radius 2 is 2.06 bits per heavy atom. The topological polar surface area (TPSA) is 91.7 Å². The monoisotopic (exact) mass is 410 g/mol. The summed E-state index contributed by atoms with van der Waals surface area (Å²) in [5.74, 6) is 0.891. The van der Waals surface area contributed by atoms with E-state index in [0.29, 0.717) is 17.7 Å². The number of nitrogens with two attached hydrogens (primary N) is 1. The second-order valence-corrected chi connectivity index (χ2v) is 8.17. The molecule has 0 saturated carbocycles. The smallest absolute Gasteiger partial charge is 0.261 e. The lowest BCUT2D eigenvalue weighted by molar-refractivity contribution is -0.132. The second-order valence-electron chi connectivity index (χ2n) is 8.17. The quantitative estimate of drug-likeness (QED) is 0.820. The van der Waals surface area contributed by atoms with Crippen LogP contribution in [0.15, 0.2) is 71.8 Å². The van der Waals surface area contributed by atoms with Crippen molar-refractivity contribution in [1.29, 1.82) is 5.26 Å². The van der Waals surface area contributed by atoms with Crippen molar-refractivity contribution in [1.82, 2.24) is 4.90 Å². The number of guanidine groups is 1. The lowest BCUT2D eigenvalue weighted by Crippen LogP contribution is -2.47. The van der Waals surface area contributed by atoms with E-state index in [1.807, 2.05) is 48.6 Å². The largest absolute Gasteiger partial charge is 0.489 e. The van der Waals surface area contributed by atoms with Crippen LogP contribution in [0.4, 0.5) is 0 Å². The van der Waals surface area contributed by atoms with Gasteiger partial charge in [0, 0.05) is 24.9 Å². The molecule has 2 aliphatic heterocycles. The van der Waals surface area contributed by atoms with E-state index in [0.717, 1.165) is 23.1 Å². The first-order valence-electron chi connectivity index (χ1n) is 10.3. The summed E-state index contributed by atoms with van der Waals surface area (Å²) in [4.78, 5) is 19.5. The number of likely N-dealkylation sites (N-methyl/N-ethyl adjacent to an activating group) is 1. The Morgan fingerprint density at radius 3 is 2.77 bits per heavy atom. The molecule has 154 valence electrons. The molecule has 0 radical (unpaired) electrons. The molecule has 2 aromatic rings. The summed E-state index contributed by atoms with van der Waals surface area (Å²) in [5, 5.41) is 9.25. The van der Waals surface area contributed by atoms with Crippen molar-refractivity contribution in [2.24, 2.45) is 16.6 Å². The van der Waals surface area contributed by atoms with Gasteiger partial charge in [0.2, 0.25) is 0 Å². The molecule has 1 aliphatic carbocycles. The molecule has 31 heavy (non-hydrogen) atoms. The van der Waals surface area contributed by atoms with E-state index < -0.39 is 5.54 Å². The van der Waals surface area contributed by atoms with Crippen LogP contribution in [0.2, 0.25) is 0 Å². The molecule has 1 amide bonds. The van der Waals surface area contributed by atoms with Gasteiger partial charge in [-0.15, -0.1) is 0 Å². The standard InChI is InChI=1S/C25H22N4O2/c1-29-23(30)25(28-24(29)27)14-22(17-7-3-2-4-8-17)31-21-11-10-19(13-20(21)25)18-9-5-6-16(12-18)15-26/h2-7,9-13,17,22H,8,14H2,1H3,(H2,27,28)/t17?,22-,25+/m1/s1. The molecule has 0 fully saturated rings. The van der Waals surface area contributed by atoms with Crippen LogP contribution in [0.1, 0.15) is 24.0 Å². The van der Waals surface area contributed by atoms with E-state index in [4.69, 9.17) is 15.5 Å². The van der Waals surface area contributed by atoms with Crippen LogP contribution in [-0.4, -0.2) is 29.9 Å². The number of benzene rings is 2. The Kier molecular flexibility index (Phi) is 4.40. The third-order valence-electron chi connectivity index (χ3n) is 6.32. The molecule has 1 spiro atoms. The zero-order chi connectivity index (χ0) is 21.6. The molecular formula is C25H22N4O2. The SMILES string of the molecule is CN1C(=O)[C@@]2(C[C@H](C3C=CC=CC3)Oc3ccc(-c4cccc(C#N)c4)cc32)N=C1N. The summed E-state index contributed by atoms with van der Waals surface area (Å²) < 4.78 is 6.39. The van der Waals surface area contributed by atoms with Crippen LogP contribution in [-0.2, 0) is 10.3 Å². The molecule has 2 aromatic carbocycles. The van der Waals surface area contributed by atoms with Crippen molar-refractivity contribution < 1.29 is 9.53 Å². The fourth-order valence-electron chi connectivity index (χ4n) is 4.63. The third-order valence-corrected chi connectivity index (χ3v) is 6.32. The Hall–Kier alpha value is -3.85. The maximum Gasteiger partial charge on any atom is 0.261 e. The van der Waals surface area contributed by atoms with Crippen LogP contribution >= 0.6 is 0 Å². The predicted molar refractivity (Wildman–Crippen MR) is 118 cm³/mol. The number of allylic oxidation sites excluding steroid dienone is 3. The summed E-state index contributed by atoms with van der Waals surface area (Å²) in [6, 6.07) is 15.4. The van der Waals surface area contributed by atoms with E-state index >= 15 is 0 Å². The molecule has 2 N–H and O–H groups in total. The maximum absolute atomic E-state index is 13.4. The molecule has 1 unspecified atom stereocenters. The minimum atomic E-state index is -1.10. The summed E-state index contributed by atoms with van der Waals surface area (Å²) in [6.07, 6.45) is 9.38. The van der Waals surface area contributed by atoms with Crippen LogP contribution in [0, 0.1) is 17.2 Å². The van der Waals surface area contributed by atoms with Gasteiger partial charge in [-0.2, -0.15) is 5.26 Å². The predicted octanol–water partition coefficient (Wildman–Crippen LogP) is 3.49. The number of hydrogen-bond acceptors (Lipinski definition) is 5. The van der Waals surface area contributed by atoms with Crippen molar-refractivity contribution in [2.75, 3.05) is 7.05 Å². The van der Waals surface area contributed by atoms with Crippen molar-refractivity contribution in [3.8, 4) is 22.9 Å². The molecule has 0 saturated heterocycles. The number of nitriles is 1. The summed E-state index contributed by atoms with van der Waals surface area (Å²) in [6.45, 7) is 0. The van der Waals surface area contributed by atoms with Crippen molar-refractivity contribution in [3.05, 3.63) is 77.9 Å². The highest BCUT2D eigenvalue weighted by Gasteiger charge is 2.54. The maximum atomic E-state index is 13.4. The molecule has 0 bridgehead atoms. The highest BCUT2D eigenvalue weighted by atomic mass is 16.5. The lowest BCUT2D eigenvalue weighted by Gasteiger charge is -2.39. The molecule has 2 heterocycles. The Labute approximate surface area is 180 Å². The molecule has 6 heteroatoms. The molecule has 5 rings (SSSR count). The average Bonchev–Trinajstić information content (AvgIpc) is 3.03. The Balaban J connectivity index is 1.64. The van der Waals surface area contributed by atoms with Gasteiger partial charge in [0.15, 0.2) is 11.5 Å². The van der Waals surface area contributed by atoms with Gasteiger partial charge in [0.25, 0.3) is 5.91 Å². The van der Waals surface area contributed by atoms with Crippen molar-refractivity contribution >= 4 is 11.9 Å². The Morgan fingerprint density at radius 1 is 1.23 bits per heavy atom. The van der Waals surface area contributed by atoms with E-state index in [-0.39, 0.29) is 23.9 Å². The first-order chi connectivity index (χ1) is 15.0. The fraction of sp³-hybridized carbons (Fsp3) is 0.240. The number of carbonyl (C=O) groups excluding carboxylic acids is 1. The zero-order valence-corrected chi connectivity index (χ0v) is 17.2. The number of fused-ring (bicyclic) bond motifs is 2. The van der Waals surface area contributed by atoms with E-state index in [2.05, 4.69) is 18.2 Å². The normalized spacial score (nSPS) is 26.4. The van der Waals surface area contributed by atoms with Gasteiger partial charge in [-0.1, -0.05) is 42.5 Å². The zero-order valence-electron chi connectivity index (χ0n) is 17.2. The minimum absolute atomic E-state index is 0.141. The number of aliphatic imine (C=N–C) groups is 1. The highest BCUT2D eigenvalue weighted by Crippen LogP contribution is 2.48. The summed E-state index contributed by atoms with van der Waals surface area (Å²) in [7, 11) is 1.66. The van der Waals surface area contributed by atoms with Gasteiger partial charge in [0.05, 0.1) is 11.6 Å². The summed E-state index contributed by atoms with van der Waals surface area (Å²) >= 11 is 0. The van der Waals surface area contributed by atoms with Gasteiger partial charge in [-0.05, 0) is 41.8 Å².